The summed E-state index contributed by atoms with van der Waals surface area (Å²) in [6, 6.07) is 4.49. The lowest BCUT2D eigenvalue weighted by Gasteiger charge is -2.25. The van der Waals surface area contributed by atoms with Crippen molar-refractivity contribution in [1.82, 2.24) is 0 Å². The molecule has 0 aromatic heterocycles. The molecule has 2 aliphatic carbocycles. The third-order valence-electron chi connectivity index (χ3n) is 3.72. The molecule has 0 radical (unpaired) electrons. The van der Waals surface area contributed by atoms with E-state index in [2.05, 4.69) is 24.3 Å². The predicted octanol–water partition coefficient (Wildman–Crippen LogP) is 2.64. The molecule has 4 unspecified atom stereocenters. The Bertz CT molecular complexity index is 318. The first kappa shape index (κ1) is 9.28. The maximum Gasteiger partial charge on any atom is 0.0625 e. The minimum atomic E-state index is 0.531. The number of fused-ring (bicyclic) bond motifs is 2. The van der Waals surface area contributed by atoms with E-state index in [1.165, 1.54) is 6.42 Å². The Kier molecular flexibility index (Phi) is 2.55. The lowest BCUT2D eigenvalue weighted by atomic mass is 9.79. The van der Waals surface area contributed by atoms with Crippen molar-refractivity contribution < 1.29 is 0 Å². The van der Waals surface area contributed by atoms with Gasteiger partial charge >= 0.3 is 0 Å². The van der Waals surface area contributed by atoms with Gasteiger partial charge in [0.15, 0.2) is 0 Å². The summed E-state index contributed by atoms with van der Waals surface area (Å²) in [7, 11) is 0. The molecule has 0 N–H and O–H groups in total. The van der Waals surface area contributed by atoms with Gasteiger partial charge < -0.3 is 0 Å². The van der Waals surface area contributed by atoms with E-state index in [4.69, 9.17) is 10.5 Å². The molecule has 72 valence electrons. The Morgan fingerprint density at radius 1 is 1.07 bits per heavy atom. The van der Waals surface area contributed by atoms with Gasteiger partial charge in [0.1, 0.15) is 0 Å². The zero-order valence-electron chi connectivity index (χ0n) is 8.19. The van der Waals surface area contributed by atoms with Crippen LogP contribution in [0.1, 0.15) is 25.7 Å². The first-order valence-electron chi connectivity index (χ1n) is 5.29. The van der Waals surface area contributed by atoms with E-state index in [1.807, 2.05) is 0 Å². The molecule has 0 heterocycles. The average molecular weight is 186 g/mol. The van der Waals surface area contributed by atoms with Gasteiger partial charge in [-0.15, -0.1) is 0 Å². The van der Waals surface area contributed by atoms with Gasteiger partial charge in [-0.1, -0.05) is 12.2 Å². The second kappa shape index (κ2) is 3.84. The van der Waals surface area contributed by atoms with Crippen molar-refractivity contribution in [2.24, 2.45) is 23.7 Å². The highest BCUT2D eigenvalue weighted by molar-refractivity contribution is 5.14. The zero-order chi connectivity index (χ0) is 9.97. The second-order valence-electron chi connectivity index (χ2n) is 4.34. The van der Waals surface area contributed by atoms with E-state index in [9.17, 15) is 0 Å². The number of allylic oxidation sites excluding steroid dienone is 2. The molecule has 0 aromatic rings. The van der Waals surface area contributed by atoms with E-state index in [0.29, 0.717) is 36.5 Å². The van der Waals surface area contributed by atoms with Gasteiger partial charge in [-0.05, 0) is 36.5 Å². The third kappa shape index (κ3) is 1.42. The van der Waals surface area contributed by atoms with Crippen LogP contribution in [0, 0.1) is 46.3 Å². The highest BCUT2D eigenvalue weighted by atomic mass is 14.5. The molecule has 2 bridgehead atoms. The smallest absolute Gasteiger partial charge is 0.0625 e. The maximum absolute atomic E-state index is 8.76. The van der Waals surface area contributed by atoms with Crippen LogP contribution in [0.4, 0.5) is 0 Å². The number of nitriles is 2. The quantitative estimate of drug-likeness (QED) is 0.636. The molecular formula is C12H14N2. The van der Waals surface area contributed by atoms with Gasteiger partial charge in [0.05, 0.1) is 12.1 Å². The number of nitrogens with zero attached hydrogens (tertiary/aromatic N) is 2. The normalized spacial score (nSPS) is 38.1. The second-order valence-corrected chi connectivity index (χ2v) is 4.34. The van der Waals surface area contributed by atoms with Crippen molar-refractivity contribution in [2.75, 3.05) is 0 Å². The van der Waals surface area contributed by atoms with E-state index in [0.717, 1.165) is 6.42 Å². The summed E-state index contributed by atoms with van der Waals surface area (Å²) in [5, 5.41) is 17.3. The largest absolute Gasteiger partial charge is 0.198 e. The van der Waals surface area contributed by atoms with Gasteiger partial charge in [0.2, 0.25) is 0 Å². The first-order valence-corrected chi connectivity index (χ1v) is 5.29. The van der Waals surface area contributed by atoms with Crippen LogP contribution in [0.15, 0.2) is 12.2 Å². The molecule has 2 aliphatic rings. The Hall–Kier alpha value is -1.28. The predicted molar refractivity (Wildman–Crippen MR) is 52.8 cm³/mol. The number of rotatable bonds is 3. The summed E-state index contributed by atoms with van der Waals surface area (Å²) >= 11 is 0. The standard InChI is InChI=1S/C12H14N2/c13-6-1-2-11-9-3-4-10(8-9)12(11)5-7-14/h3-4,9-12H,1-2,5,8H2. The Morgan fingerprint density at radius 3 is 2.43 bits per heavy atom. The Labute approximate surface area is 84.8 Å². The first-order chi connectivity index (χ1) is 6.86. The van der Waals surface area contributed by atoms with Gasteiger partial charge in [-0.25, -0.2) is 0 Å². The SMILES string of the molecule is N#CCCC1C2C=CC(C2)C1CC#N. The molecule has 14 heavy (non-hydrogen) atoms. The van der Waals surface area contributed by atoms with Crippen LogP contribution in [0.5, 0.6) is 0 Å². The minimum absolute atomic E-state index is 0.531. The van der Waals surface area contributed by atoms with Crippen LogP contribution in [-0.4, -0.2) is 0 Å². The molecule has 0 amide bonds. The van der Waals surface area contributed by atoms with Crippen molar-refractivity contribution in [3.05, 3.63) is 12.2 Å². The summed E-state index contributed by atoms with van der Waals surface area (Å²) in [4.78, 5) is 0. The van der Waals surface area contributed by atoms with E-state index >= 15 is 0 Å². The fraction of sp³-hybridized carbons (Fsp3) is 0.667. The molecule has 2 rings (SSSR count). The molecule has 2 heteroatoms. The van der Waals surface area contributed by atoms with Crippen LogP contribution >= 0.6 is 0 Å². The van der Waals surface area contributed by atoms with Crippen molar-refractivity contribution >= 4 is 0 Å². The zero-order valence-corrected chi connectivity index (χ0v) is 8.19. The Morgan fingerprint density at radius 2 is 1.79 bits per heavy atom. The molecule has 0 spiro atoms. The summed E-state index contributed by atoms with van der Waals surface area (Å²) in [5.41, 5.74) is 0. The van der Waals surface area contributed by atoms with Crippen LogP contribution in [0.2, 0.25) is 0 Å². The summed E-state index contributed by atoms with van der Waals surface area (Å²) in [5.74, 6) is 2.42. The van der Waals surface area contributed by atoms with Gasteiger partial charge in [-0.3, -0.25) is 0 Å². The van der Waals surface area contributed by atoms with Crippen molar-refractivity contribution in [3.8, 4) is 12.1 Å². The van der Waals surface area contributed by atoms with Crippen molar-refractivity contribution in [2.45, 2.75) is 25.7 Å². The average Bonchev–Trinajstić information content (AvgIpc) is 2.76. The highest BCUT2D eigenvalue weighted by Gasteiger charge is 2.43. The van der Waals surface area contributed by atoms with Crippen LogP contribution < -0.4 is 0 Å². The van der Waals surface area contributed by atoms with Gasteiger partial charge in [0, 0.05) is 12.8 Å². The molecule has 0 aliphatic heterocycles. The van der Waals surface area contributed by atoms with E-state index in [1.54, 1.807) is 0 Å². The molecule has 1 saturated carbocycles. The fourth-order valence-electron chi connectivity index (χ4n) is 3.09. The molecule has 4 atom stereocenters. The topological polar surface area (TPSA) is 47.6 Å². The fourth-order valence-corrected chi connectivity index (χ4v) is 3.09. The van der Waals surface area contributed by atoms with Crippen LogP contribution in [-0.2, 0) is 0 Å². The molecule has 1 fully saturated rings. The summed E-state index contributed by atoms with van der Waals surface area (Å²) < 4.78 is 0. The minimum Gasteiger partial charge on any atom is -0.198 e. The lowest BCUT2D eigenvalue weighted by Crippen LogP contribution is -2.19. The monoisotopic (exact) mass is 186 g/mol. The number of hydrogen-bond donors (Lipinski definition) is 0. The maximum atomic E-state index is 8.76. The van der Waals surface area contributed by atoms with E-state index < -0.39 is 0 Å². The van der Waals surface area contributed by atoms with E-state index in [-0.39, 0.29) is 0 Å². The molecule has 0 saturated heterocycles. The Balaban J connectivity index is 2.04. The third-order valence-corrected chi connectivity index (χ3v) is 3.72. The summed E-state index contributed by atoms with van der Waals surface area (Å²) in [6.07, 6.45) is 8.08. The van der Waals surface area contributed by atoms with Crippen LogP contribution in [0.25, 0.3) is 0 Å². The lowest BCUT2D eigenvalue weighted by molar-refractivity contribution is 0.298. The molecule has 0 aromatic carbocycles. The molecular weight excluding hydrogens is 172 g/mol. The van der Waals surface area contributed by atoms with Gasteiger partial charge in [0.25, 0.3) is 0 Å². The van der Waals surface area contributed by atoms with Crippen molar-refractivity contribution in [3.63, 3.8) is 0 Å². The summed E-state index contributed by atoms with van der Waals surface area (Å²) in [6.45, 7) is 0. The van der Waals surface area contributed by atoms with Crippen LogP contribution in [0.3, 0.4) is 0 Å². The van der Waals surface area contributed by atoms with Gasteiger partial charge in [-0.2, -0.15) is 10.5 Å². The highest BCUT2D eigenvalue weighted by Crippen LogP contribution is 2.50. The van der Waals surface area contributed by atoms with Crippen molar-refractivity contribution in [1.29, 1.82) is 10.5 Å². The molecule has 2 nitrogen and oxygen atoms in total. The number of hydrogen-bond acceptors (Lipinski definition) is 2.